The summed E-state index contributed by atoms with van der Waals surface area (Å²) in [5.41, 5.74) is 3.94. The Hall–Kier alpha value is -3.04. The summed E-state index contributed by atoms with van der Waals surface area (Å²) in [5.74, 6) is -0.874. The maximum atomic E-state index is 13.6. The maximum Gasteiger partial charge on any atom is 0.339 e. The van der Waals surface area contributed by atoms with Gasteiger partial charge in [-0.25, -0.2) is 18.2 Å². The molecule has 0 N–H and O–H groups in total. The van der Waals surface area contributed by atoms with Crippen molar-refractivity contribution in [1.29, 1.82) is 0 Å². The lowest BCUT2D eigenvalue weighted by Crippen LogP contribution is -2.48. The molecule has 0 unspecified atom stereocenters. The number of ether oxygens (including phenoxy) is 1. The van der Waals surface area contributed by atoms with E-state index in [2.05, 4.69) is 12.1 Å². The van der Waals surface area contributed by atoms with Gasteiger partial charge in [-0.05, 0) is 73.8 Å². The number of carbonyl (C=O) groups is 2. The van der Waals surface area contributed by atoms with Crippen LogP contribution >= 0.6 is 11.3 Å². The third kappa shape index (κ3) is 5.40. The Morgan fingerprint density at radius 3 is 2.74 bits per heavy atom. The molecule has 3 heterocycles. The van der Waals surface area contributed by atoms with Gasteiger partial charge in [-0.1, -0.05) is 31.2 Å². The third-order valence-corrected chi connectivity index (χ3v) is 10.1. The van der Waals surface area contributed by atoms with E-state index in [1.165, 1.54) is 0 Å². The monoisotopic (exact) mass is 552 g/mol. The van der Waals surface area contributed by atoms with Crippen molar-refractivity contribution in [1.82, 2.24) is 9.88 Å². The minimum absolute atomic E-state index is 0.0428. The first-order valence-electron chi connectivity index (χ1n) is 13.1. The number of hydrogen-bond donors (Lipinski definition) is 0. The predicted octanol–water partition coefficient (Wildman–Crippen LogP) is 5.14. The lowest BCUT2D eigenvalue weighted by molar-refractivity contribution is -0.138. The van der Waals surface area contributed by atoms with E-state index in [0.29, 0.717) is 35.7 Å². The Labute approximate surface area is 227 Å². The van der Waals surface area contributed by atoms with Crippen LogP contribution in [0.3, 0.4) is 0 Å². The lowest BCUT2D eigenvalue weighted by atomic mass is 9.86. The number of sulfone groups is 1. The summed E-state index contributed by atoms with van der Waals surface area (Å²) in [6.45, 7) is 3.43. The molecule has 1 fully saturated rings. The zero-order chi connectivity index (χ0) is 26.9. The van der Waals surface area contributed by atoms with Crippen LogP contribution in [0.25, 0.3) is 22.6 Å². The van der Waals surface area contributed by atoms with Gasteiger partial charge in [0.05, 0.1) is 28.3 Å². The number of esters is 1. The van der Waals surface area contributed by atoms with E-state index in [9.17, 15) is 18.0 Å². The Morgan fingerprint density at radius 1 is 1.21 bits per heavy atom. The van der Waals surface area contributed by atoms with Crippen LogP contribution in [-0.2, 0) is 25.8 Å². The van der Waals surface area contributed by atoms with Crippen LogP contribution in [0.15, 0.2) is 41.8 Å². The molecule has 1 aliphatic carbocycles. The fourth-order valence-electron chi connectivity index (χ4n) is 5.53. The van der Waals surface area contributed by atoms with Crippen LogP contribution < -0.4 is 0 Å². The summed E-state index contributed by atoms with van der Waals surface area (Å²) in [6, 6.07) is 11.1. The number of nitrogens with zero attached hydrogens (tertiary/aromatic N) is 2. The summed E-state index contributed by atoms with van der Waals surface area (Å²) < 4.78 is 29.8. The Kier molecular flexibility index (Phi) is 7.68. The van der Waals surface area contributed by atoms with Gasteiger partial charge >= 0.3 is 5.97 Å². The number of rotatable bonds is 7. The molecule has 3 aromatic rings. The molecule has 5 rings (SSSR count). The molecule has 7 nitrogen and oxygen atoms in total. The summed E-state index contributed by atoms with van der Waals surface area (Å²) in [7, 11) is -3.16. The Balaban J connectivity index is 1.45. The highest BCUT2D eigenvalue weighted by molar-refractivity contribution is 7.91. The van der Waals surface area contributed by atoms with Crippen LogP contribution in [0.4, 0.5) is 0 Å². The van der Waals surface area contributed by atoms with Crippen molar-refractivity contribution < 1.29 is 22.7 Å². The van der Waals surface area contributed by atoms with Crippen molar-refractivity contribution in [2.75, 3.05) is 18.1 Å². The second kappa shape index (κ2) is 11.0. The van der Waals surface area contributed by atoms with Gasteiger partial charge in [0.2, 0.25) is 0 Å². The van der Waals surface area contributed by atoms with Crippen LogP contribution in [0.1, 0.15) is 66.0 Å². The predicted molar refractivity (Wildman–Crippen MR) is 151 cm³/mol. The van der Waals surface area contributed by atoms with E-state index in [1.807, 2.05) is 49.6 Å². The standard InChI is InChI=1S/C29H32N2O5S2/c1-3-19(2)31(21-13-15-38(34,35)18-21)26(32)17-36-29(33)27-23-10-4-5-12-25(23)30-28-20(8-6-11-24(27)28)16-22-9-7-14-37-22/h4-5,7,9-10,12,14,16,19,21H,3,6,8,11,13,15,17-18H2,1-2H3/b20-16+/t19-,21+/m0/s1. The first-order chi connectivity index (χ1) is 18.3. The number of hydrogen-bond acceptors (Lipinski definition) is 7. The molecular weight excluding hydrogens is 520 g/mol. The first kappa shape index (κ1) is 26.6. The first-order valence-corrected chi connectivity index (χ1v) is 15.8. The lowest BCUT2D eigenvalue weighted by Gasteiger charge is -2.33. The fourth-order valence-corrected chi connectivity index (χ4v) is 7.92. The number of benzene rings is 1. The molecule has 1 aromatic carbocycles. The average Bonchev–Trinajstić information content (AvgIpc) is 3.55. The number of para-hydroxylation sites is 1. The minimum Gasteiger partial charge on any atom is -0.452 e. The van der Waals surface area contributed by atoms with Crippen LogP contribution in [0, 0.1) is 0 Å². The normalized spacial score (nSPS) is 20.3. The van der Waals surface area contributed by atoms with Crippen molar-refractivity contribution in [2.45, 2.75) is 58.0 Å². The smallest absolute Gasteiger partial charge is 0.339 e. The van der Waals surface area contributed by atoms with Crippen molar-refractivity contribution in [3.63, 3.8) is 0 Å². The van der Waals surface area contributed by atoms with Gasteiger partial charge in [-0.2, -0.15) is 0 Å². The largest absolute Gasteiger partial charge is 0.452 e. The maximum absolute atomic E-state index is 13.6. The van der Waals surface area contributed by atoms with E-state index < -0.39 is 22.4 Å². The van der Waals surface area contributed by atoms with Crippen molar-refractivity contribution in [3.8, 4) is 0 Å². The molecule has 200 valence electrons. The highest BCUT2D eigenvalue weighted by Crippen LogP contribution is 2.37. The molecular formula is C29H32N2O5S2. The highest BCUT2D eigenvalue weighted by atomic mass is 32.2. The molecule has 1 amide bonds. The second-order valence-electron chi connectivity index (χ2n) is 10.1. The van der Waals surface area contributed by atoms with Gasteiger partial charge in [0, 0.05) is 22.3 Å². The van der Waals surface area contributed by atoms with Crippen molar-refractivity contribution in [2.24, 2.45) is 0 Å². The number of amides is 1. The van der Waals surface area contributed by atoms with Crippen LogP contribution in [0.2, 0.25) is 0 Å². The van der Waals surface area contributed by atoms with Gasteiger partial charge in [-0.3, -0.25) is 4.79 Å². The summed E-state index contributed by atoms with van der Waals surface area (Å²) >= 11 is 1.66. The molecule has 38 heavy (non-hydrogen) atoms. The summed E-state index contributed by atoms with van der Waals surface area (Å²) in [5, 5.41) is 2.75. The van der Waals surface area contributed by atoms with E-state index in [1.54, 1.807) is 16.2 Å². The van der Waals surface area contributed by atoms with E-state index >= 15 is 0 Å². The van der Waals surface area contributed by atoms with Gasteiger partial charge in [0.25, 0.3) is 5.91 Å². The molecule has 1 aliphatic heterocycles. The number of thiophene rings is 1. The molecule has 0 radical (unpaired) electrons. The van der Waals surface area contributed by atoms with Crippen molar-refractivity contribution in [3.05, 3.63) is 63.5 Å². The minimum atomic E-state index is -3.16. The summed E-state index contributed by atoms with van der Waals surface area (Å²) in [6.07, 6.45) is 5.69. The third-order valence-electron chi connectivity index (χ3n) is 7.52. The van der Waals surface area contributed by atoms with Gasteiger partial charge in [0.15, 0.2) is 16.4 Å². The molecule has 2 atom stereocenters. The molecule has 0 spiro atoms. The zero-order valence-electron chi connectivity index (χ0n) is 21.7. The number of aromatic nitrogens is 1. The molecule has 1 saturated heterocycles. The molecule has 0 saturated carbocycles. The topological polar surface area (TPSA) is 93.6 Å². The van der Waals surface area contributed by atoms with E-state index in [0.717, 1.165) is 34.5 Å². The molecule has 2 aromatic heterocycles. The SMILES string of the molecule is CC[C@H](C)N(C(=O)COC(=O)c1c2c(nc3ccccc13)/C(=C/c1cccs1)CCC2)[C@@H]1CCS(=O)(=O)C1. The van der Waals surface area contributed by atoms with Crippen molar-refractivity contribution >= 4 is 55.6 Å². The van der Waals surface area contributed by atoms with E-state index in [4.69, 9.17) is 9.72 Å². The van der Waals surface area contributed by atoms with Gasteiger partial charge < -0.3 is 9.64 Å². The quantitative estimate of drug-likeness (QED) is 0.377. The number of carbonyl (C=O) groups excluding carboxylic acids is 2. The molecule has 2 aliphatic rings. The van der Waals surface area contributed by atoms with Gasteiger partial charge in [-0.15, -0.1) is 11.3 Å². The van der Waals surface area contributed by atoms with Gasteiger partial charge in [0.1, 0.15) is 0 Å². The van der Waals surface area contributed by atoms with Crippen LogP contribution in [-0.4, -0.2) is 60.4 Å². The Morgan fingerprint density at radius 2 is 2.03 bits per heavy atom. The second-order valence-corrected chi connectivity index (χ2v) is 13.3. The molecule has 0 bridgehead atoms. The summed E-state index contributed by atoms with van der Waals surface area (Å²) in [4.78, 5) is 34.6. The van der Waals surface area contributed by atoms with Crippen LogP contribution in [0.5, 0.6) is 0 Å². The average molecular weight is 553 g/mol. The fraction of sp³-hybridized carbons (Fsp3) is 0.414. The van der Waals surface area contributed by atoms with E-state index in [-0.39, 0.29) is 29.5 Å². The zero-order valence-corrected chi connectivity index (χ0v) is 23.3. The number of pyridine rings is 1. The Bertz CT molecular complexity index is 1490. The number of fused-ring (bicyclic) bond motifs is 2. The highest BCUT2D eigenvalue weighted by Gasteiger charge is 2.37. The number of allylic oxidation sites excluding steroid dienone is 1. The molecule has 9 heteroatoms.